The molecule has 5 nitrogen and oxygen atoms in total. The van der Waals surface area contributed by atoms with Crippen molar-refractivity contribution in [2.24, 2.45) is 0 Å². The molecule has 6 rings (SSSR count). The number of para-hydroxylation sites is 5. The van der Waals surface area contributed by atoms with E-state index >= 15 is 0 Å². The van der Waals surface area contributed by atoms with Gasteiger partial charge in [-0.15, -0.1) is 0 Å². The van der Waals surface area contributed by atoms with Crippen molar-refractivity contribution in [1.82, 2.24) is 9.97 Å². The van der Waals surface area contributed by atoms with Crippen molar-refractivity contribution in [2.75, 3.05) is 0 Å². The molecule has 0 saturated heterocycles. The van der Waals surface area contributed by atoms with Crippen LogP contribution in [0.1, 0.15) is 11.6 Å². The number of nitrogens with zero attached hydrogens (tertiary/aromatic N) is 1. The molecule has 0 aliphatic heterocycles. The van der Waals surface area contributed by atoms with Crippen LogP contribution < -0.4 is 9.47 Å². The lowest BCUT2D eigenvalue weighted by molar-refractivity contribution is 0.267. The zero-order valence-corrected chi connectivity index (χ0v) is 18.6. The number of oxazole rings is 1. The van der Waals surface area contributed by atoms with E-state index in [1.807, 2.05) is 97.1 Å². The van der Waals surface area contributed by atoms with Gasteiger partial charge in [-0.05, 0) is 53.9 Å². The summed E-state index contributed by atoms with van der Waals surface area (Å²) in [7, 11) is 0. The van der Waals surface area contributed by atoms with Gasteiger partial charge in [0, 0.05) is 5.52 Å². The van der Waals surface area contributed by atoms with Crippen molar-refractivity contribution in [3.8, 4) is 11.5 Å². The van der Waals surface area contributed by atoms with E-state index in [2.05, 4.69) is 28.2 Å². The highest BCUT2D eigenvalue weighted by Crippen LogP contribution is 2.18. The van der Waals surface area contributed by atoms with Crippen LogP contribution in [0, 0.1) is 0 Å². The van der Waals surface area contributed by atoms with Crippen LogP contribution in [-0.2, 0) is 13.2 Å². The quantitative estimate of drug-likeness (QED) is 0.294. The van der Waals surface area contributed by atoms with E-state index in [-0.39, 0.29) is 0 Å². The van der Waals surface area contributed by atoms with Crippen LogP contribution in [0.5, 0.6) is 11.5 Å². The molecule has 0 saturated carbocycles. The summed E-state index contributed by atoms with van der Waals surface area (Å²) in [6.45, 7) is 0.914. The summed E-state index contributed by atoms with van der Waals surface area (Å²) in [5.74, 6) is 2.30. The fraction of sp³-hybridized carbons (Fsp3) is 0.0690. The van der Waals surface area contributed by atoms with Gasteiger partial charge in [0.1, 0.15) is 23.6 Å². The zero-order valence-electron chi connectivity index (χ0n) is 18.6. The van der Waals surface area contributed by atoms with Gasteiger partial charge in [-0.3, -0.25) is 0 Å². The molecule has 0 amide bonds. The number of fused-ring (bicyclic) bond motifs is 2. The number of nitrogens with one attached hydrogen (secondary N) is 1. The summed E-state index contributed by atoms with van der Waals surface area (Å²) < 4.78 is 16.8. The van der Waals surface area contributed by atoms with Gasteiger partial charge in [0.15, 0.2) is 12.2 Å². The van der Waals surface area contributed by atoms with Crippen LogP contribution in [0.2, 0.25) is 0 Å². The first-order valence-electron chi connectivity index (χ1n) is 11.1. The second-order valence-electron chi connectivity index (χ2n) is 7.66. The van der Waals surface area contributed by atoms with E-state index in [1.165, 1.54) is 5.39 Å². The molecule has 2 heterocycles. The van der Waals surface area contributed by atoms with Crippen LogP contribution in [0.3, 0.4) is 0 Å². The number of aromatic amines is 1. The molecule has 168 valence electrons. The van der Waals surface area contributed by atoms with Gasteiger partial charge < -0.3 is 18.9 Å². The zero-order chi connectivity index (χ0) is 23.0. The van der Waals surface area contributed by atoms with E-state index < -0.39 is 0 Å². The summed E-state index contributed by atoms with van der Waals surface area (Å²) in [5, 5.41) is 1.22. The molecular formula is C29H24N2O3. The summed E-state index contributed by atoms with van der Waals surface area (Å²) >= 11 is 0. The summed E-state index contributed by atoms with van der Waals surface area (Å²) in [5.41, 5.74) is 3.90. The molecule has 0 aliphatic carbocycles. The van der Waals surface area contributed by atoms with E-state index in [0.29, 0.717) is 19.1 Å². The number of rotatable bonds is 6. The molecule has 0 bridgehead atoms. The second kappa shape index (κ2) is 10.4. The summed E-state index contributed by atoms with van der Waals surface area (Å²) in [6.07, 6.45) is 0. The number of ether oxygens (including phenoxy) is 2. The van der Waals surface area contributed by atoms with Gasteiger partial charge in [0.2, 0.25) is 5.89 Å². The highest BCUT2D eigenvalue weighted by Gasteiger charge is 2.05. The Kier molecular flexibility index (Phi) is 6.53. The van der Waals surface area contributed by atoms with E-state index in [4.69, 9.17) is 13.9 Å². The van der Waals surface area contributed by atoms with Crippen molar-refractivity contribution in [3.63, 3.8) is 0 Å². The Hall–Kier alpha value is -4.51. The Labute approximate surface area is 197 Å². The average molecular weight is 449 g/mol. The number of benzene rings is 4. The third kappa shape index (κ3) is 5.45. The van der Waals surface area contributed by atoms with E-state index in [1.54, 1.807) is 0 Å². The van der Waals surface area contributed by atoms with Crippen molar-refractivity contribution < 1.29 is 13.9 Å². The van der Waals surface area contributed by atoms with Crippen LogP contribution >= 0.6 is 0 Å². The minimum Gasteiger partial charge on any atom is -0.487 e. The van der Waals surface area contributed by atoms with Gasteiger partial charge >= 0.3 is 0 Å². The normalized spacial score (nSPS) is 10.6. The van der Waals surface area contributed by atoms with Gasteiger partial charge in [-0.25, -0.2) is 4.98 Å². The summed E-state index contributed by atoms with van der Waals surface area (Å²) in [4.78, 5) is 7.68. The lowest BCUT2D eigenvalue weighted by Crippen LogP contribution is -1.94. The van der Waals surface area contributed by atoms with Crippen molar-refractivity contribution in [3.05, 3.63) is 127 Å². The maximum atomic E-state index is 5.69. The van der Waals surface area contributed by atoms with Gasteiger partial charge in [0.05, 0.1) is 5.69 Å². The molecule has 5 heteroatoms. The second-order valence-corrected chi connectivity index (χ2v) is 7.66. The number of H-pyrrole nitrogens is 1. The molecule has 6 aromatic rings. The highest BCUT2D eigenvalue weighted by molar-refractivity contribution is 5.80. The molecule has 0 aliphatic rings. The fourth-order valence-corrected chi connectivity index (χ4v) is 3.53. The van der Waals surface area contributed by atoms with Crippen LogP contribution in [0.15, 0.2) is 120 Å². The number of aromatic nitrogens is 2. The highest BCUT2D eigenvalue weighted by atomic mass is 16.5. The molecule has 0 fully saturated rings. The largest absolute Gasteiger partial charge is 0.487 e. The summed E-state index contributed by atoms with van der Waals surface area (Å²) in [6, 6.07) is 37.5. The SMILES string of the molecule is c1ccc(OCc2cc3ccccc3[nH]2)cc1.c1ccc(OCc2nc3ccccc3o2)cc1. The molecule has 0 radical (unpaired) electrons. The number of hydrogen-bond acceptors (Lipinski definition) is 4. The first-order chi connectivity index (χ1) is 16.8. The maximum Gasteiger partial charge on any atom is 0.233 e. The third-order valence-electron chi connectivity index (χ3n) is 5.17. The van der Waals surface area contributed by atoms with Crippen LogP contribution in [0.25, 0.3) is 22.0 Å². The van der Waals surface area contributed by atoms with Crippen molar-refractivity contribution >= 4 is 22.0 Å². The van der Waals surface area contributed by atoms with E-state index in [9.17, 15) is 0 Å². The molecule has 1 N–H and O–H groups in total. The minimum absolute atomic E-state index is 0.346. The first-order valence-corrected chi connectivity index (χ1v) is 11.1. The van der Waals surface area contributed by atoms with Gasteiger partial charge in [-0.1, -0.05) is 66.7 Å². The standard InChI is InChI=1S/C15H13NO.C14H11NO2/c1-2-7-14(8-3-1)17-11-13-10-12-6-4-5-9-15(12)16-13;1-2-6-11(7-3-1)16-10-14-15-12-8-4-5-9-13(12)17-14/h1-10,16H,11H2;1-9H,10H2. The van der Waals surface area contributed by atoms with Crippen LogP contribution in [-0.4, -0.2) is 9.97 Å². The monoisotopic (exact) mass is 448 g/mol. The maximum absolute atomic E-state index is 5.69. The topological polar surface area (TPSA) is 60.3 Å². The van der Waals surface area contributed by atoms with Gasteiger partial charge in [-0.2, -0.15) is 0 Å². The Morgan fingerprint density at radius 2 is 1.26 bits per heavy atom. The first kappa shape index (κ1) is 21.3. The predicted octanol–water partition coefficient (Wildman–Crippen LogP) is 7.15. The molecule has 34 heavy (non-hydrogen) atoms. The lowest BCUT2D eigenvalue weighted by atomic mass is 10.2. The Balaban J connectivity index is 0.000000142. The molecule has 2 aromatic heterocycles. The Morgan fingerprint density at radius 1 is 0.647 bits per heavy atom. The van der Waals surface area contributed by atoms with Gasteiger partial charge in [0.25, 0.3) is 0 Å². The fourth-order valence-electron chi connectivity index (χ4n) is 3.53. The molecule has 0 atom stereocenters. The molecule has 0 unspecified atom stereocenters. The van der Waals surface area contributed by atoms with Crippen molar-refractivity contribution in [1.29, 1.82) is 0 Å². The third-order valence-corrected chi connectivity index (χ3v) is 5.17. The average Bonchev–Trinajstić information content (AvgIpc) is 3.51. The Morgan fingerprint density at radius 3 is 1.97 bits per heavy atom. The van der Waals surface area contributed by atoms with Crippen LogP contribution in [0.4, 0.5) is 0 Å². The number of hydrogen-bond donors (Lipinski definition) is 1. The lowest BCUT2D eigenvalue weighted by Gasteiger charge is -2.03. The van der Waals surface area contributed by atoms with Crippen molar-refractivity contribution in [2.45, 2.75) is 13.2 Å². The van der Waals surface area contributed by atoms with E-state index in [0.717, 1.165) is 33.8 Å². The molecule has 4 aromatic carbocycles. The molecule has 0 spiro atoms. The minimum atomic E-state index is 0.346. The molecular weight excluding hydrogens is 424 g/mol. The predicted molar refractivity (Wildman–Crippen MR) is 134 cm³/mol. The smallest absolute Gasteiger partial charge is 0.233 e. The Bertz CT molecular complexity index is 1280.